The molecule has 0 aliphatic heterocycles. The Labute approximate surface area is 154 Å². The van der Waals surface area contributed by atoms with Crippen LogP contribution in [0.15, 0.2) is 24.3 Å². The van der Waals surface area contributed by atoms with E-state index in [1.165, 1.54) is 108 Å². The molecule has 0 heteroatoms. The van der Waals surface area contributed by atoms with Crippen LogP contribution in [0.3, 0.4) is 0 Å². The molecule has 0 nitrogen and oxygen atoms in total. The third kappa shape index (κ3) is 19.5. The highest BCUT2D eigenvalue weighted by molar-refractivity contribution is 4.87. The second kappa shape index (κ2) is 18.8. The van der Waals surface area contributed by atoms with Crippen molar-refractivity contribution in [3.05, 3.63) is 24.3 Å². The molecule has 0 radical (unpaired) electrons. The molecule has 1 unspecified atom stereocenters. The van der Waals surface area contributed by atoms with Crippen LogP contribution in [0.25, 0.3) is 0 Å². The molecule has 0 saturated carbocycles. The molecular weight excluding hydrogens is 288 g/mol. The second-order valence-corrected chi connectivity index (χ2v) is 7.95. The Hall–Kier alpha value is -0.520. The van der Waals surface area contributed by atoms with Gasteiger partial charge in [0, 0.05) is 0 Å². The number of hydrogen-bond acceptors (Lipinski definition) is 0. The minimum absolute atomic E-state index is 0.932. The lowest BCUT2D eigenvalue weighted by molar-refractivity contribution is 0.475. The summed E-state index contributed by atoms with van der Waals surface area (Å²) >= 11 is 0. The third-order valence-electron chi connectivity index (χ3n) is 5.16. The Balaban J connectivity index is 3.12. The lowest BCUT2D eigenvalue weighted by atomic mass is 10.00. The van der Waals surface area contributed by atoms with Crippen LogP contribution < -0.4 is 0 Å². The maximum Gasteiger partial charge on any atom is -0.0326 e. The molecule has 0 heterocycles. The van der Waals surface area contributed by atoms with E-state index in [9.17, 15) is 0 Å². The minimum Gasteiger partial charge on any atom is -0.100 e. The summed E-state index contributed by atoms with van der Waals surface area (Å²) in [6.07, 6.45) is 26.9. The van der Waals surface area contributed by atoms with Crippen LogP contribution in [0, 0.1) is 5.92 Å². The van der Waals surface area contributed by atoms with Crippen molar-refractivity contribution in [1.82, 2.24) is 0 Å². The van der Waals surface area contributed by atoms with Gasteiger partial charge in [-0.15, -0.1) is 6.58 Å². The maximum absolute atomic E-state index is 3.97. The molecule has 24 heavy (non-hydrogen) atoms. The van der Waals surface area contributed by atoms with E-state index in [-0.39, 0.29) is 0 Å². The molecule has 0 aromatic carbocycles. The fourth-order valence-corrected chi connectivity index (χ4v) is 3.12. The van der Waals surface area contributed by atoms with Gasteiger partial charge in [-0.3, -0.25) is 0 Å². The van der Waals surface area contributed by atoms with E-state index in [2.05, 4.69) is 39.5 Å². The van der Waals surface area contributed by atoms with Gasteiger partial charge in [0.1, 0.15) is 0 Å². The summed E-state index contributed by atoms with van der Waals surface area (Å²) in [4.78, 5) is 0. The molecule has 142 valence electrons. The van der Waals surface area contributed by atoms with Crippen molar-refractivity contribution in [2.75, 3.05) is 0 Å². The predicted molar refractivity (Wildman–Crippen MR) is 113 cm³/mol. The zero-order valence-corrected chi connectivity index (χ0v) is 17.3. The van der Waals surface area contributed by atoms with Gasteiger partial charge < -0.3 is 0 Å². The highest BCUT2D eigenvalue weighted by Gasteiger charge is 1.97. The molecule has 1 atom stereocenters. The standard InChI is InChI=1S/C24H46/c1-5-24(4)22-20-18-16-14-12-10-8-6-7-9-11-13-15-17-19-21-23(2)3/h8,10,24H,2,5-7,9,11-22H2,1,3-4H3/b10-8-. The van der Waals surface area contributed by atoms with Gasteiger partial charge in [-0.05, 0) is 51.4 Å². The molecule has 0 fully saturated rings. The average molecular weight is 335 g/mol. The van der Waals surface area contributed by atoms with E-state index in [0.717, 1.165) is 5.92 Å². The molecule has 0 aromatic heterocycles. The number of allylic oxidation sites excluding steroid dienone is 3. The fraction of sp³-hybridized carbons (Fsp3) is 0.833. The van der Waals surface area contributed by atoms with Gasteiger partial charge in [-0.2, -0.15) is 0 Å². The zero-order chi connectivity index (χ0) is 17.9. The normalized spacial score (nSPS) is 12.8. The summed E-state index contributed by atoms with van der Waals surface area (Å²) in [7, 11) is 0. The van der Waals surface area contributed by atoms with Gasteiger partial charge in [0.25, 0.3) is 0 Å². The largest absolute Gasteiger partial charge is 0.100 e. The van der Waals surface area contributed by atoms with Crippen molar-refractivity contribution in [3.63, 3.8) is 0 Å². The first kappa shape index (κ1) is 23.5. The lowest BCUT2D eigenvalue weighted by Crippen LogP contribution is -1.91. The fourth-order valence-electron chi connectivity index (χ4n) is 3.12. The van der Waals surface area contributed by atoms with Crippen molar-refractivity contribution in [3.8, 4) is 0 Å². The maximum atomic E-state index is 3.97. The summed E-state index contributed by atoms with van der Waals surface area (Å²) < 4.78 is 0. The van der Waals surface area contributed by atoms with Crippen LogP contribution >= 0.6 is 0 Å². The van der Waals surface area contributed by atoms with E-state index < -0.39 is 0 Å². The topological polar surface area (TPSA) is 0 Å². The molecule has 0 aliphatic carbocycles. The van der Waals surface area contributed by atoms with E-state index >= 15 is 0 Å². The van der Waals surface area contributed by atoms with Crippen molar-refractivity contribution in [2.24, 2.45) is 5.92 Å². The summed E-state index contributed by atoms with van der Waals surface area (Å²) in [6.45, 7) is 10.8. The highest BCUT2D eigenvalue weighted by Crippen LogP contribution is 2.14. The molecular formula is C24H46. The lowest BCUT2D eigenvalue weighted by Gasteiger charge is -2.06. The number of hydrogen-bond donors (Lipinski definition) is 0. The molecule has 0 rings (SSSR count). The van der Waals surface area contributed by atoms with Gasteiger partial charge in [-0.1, -0.05) is 95.8 Å². The van der Waals surface area contributed by atoms with E-state index in [1.54, 1.807) is 0 Å². The van der Waals surface area contributed by atoms with Crippen LogP contribution in [-0.2, 0) is 0 Å². The highest BCUT2D eigenvalue weighted by atomic mass is 14.0. The van der Waals surface area contributed by atoms with Crippen molar-refractivity contribution >= 4 is 0 Å². The van der Waals surface area contributed by atoms with Crippen LogP contribution in [0.5, 0.6) is 0 Å². The number of rotatable bonds is 18. The Kier molecular flexibility index (Phi) is 18.4. The minimum atomic E-state index is 0.932. The molecule has 0 spiro atoms. The first-order chi connectivity index (χ1) is 11.7. The second-order valence-electron chi connectivity index (χ2n) is 7.95. The van der Waals surface area contributed by atoms with E-state index in [0.29, 0.717) is 0 Å². The van der Waals surface area contributed by atoms with Crippen molar-refractivity contribution in [2.45, 2.75) is 124 Å². The average Bonchev–Trinajstić information content (AvgIpc) is 2.57. The van der Waals surface area contributed by atoms with E-state index in [1.807, 2.05) is 0 Å². The van der Waals surface area contributed by atoms with Crippen molar-refractivity contribution < 1.29 is 0 Å². The summed E-state index contributed by atoms with van der Waals surface area (Å²) in [6, 6.07) is 0. The first-order valence-corrected chi connectivity index (χ1v) is 11.0. The number of unbranched alkanes of at least 4 members (excludes halogenated alkanes) is 11. The Morgan fingerprint density at radius 2 is 1.21 bits per heavy atom. The monoisotopic (exact) mass is 334 g/mol. The van der Waals surface area contributed by atoms with E-state index in [4.69, 9.17) is 0 Å². The quantitative estimate of drug-likeness (QED) is 0.173. The Morgan fingerprint density at radius 3 is 1.71 bits per heavy atom. The molecule has 0 aliphatic rings. The molecule has 0 N–H and O–H groups in total. The smallest absolute Gasteiger partial charge is 0.0326 e. The molecule has 0 bridgehead atoms. The molecule has 0 amide bonds. The van der Waals surface area contributed by atoms with Crippen LogP contribution in [0.2, 0.25) is 0 Å². The first-order valence-electron chi connectivity index (χ1n) is 11.0. The zero-order valence-electron chi connectivity index (χ0n) is 17.3. The van der Waals surface area contributed by atoms with Gasteiger partial charge in [0.05, 0.1) is 0 Å². The summed E-state index contributed by atoms with van der Waals surface area (Å²) in [5.74, 6) is 0.932. The molecule has 0 saturated heterocycles. The Bertz CT molecular complexity index is 286. The third-order valence-corrected chi connectivity index (χ3v) is 5.16. The van der Waals surface area contributed by atoms with Gasteiger partial charge in [-0.25, -0.2) is 0 Å². The van der Waals surface area contributed by atoms with Crippen LogP contribution in [0.4, 0.5) is 0 Å². The van der Waals surface area contributed by atoms with Crippen molar-refractivity contribution in [1.29, 1.82) is 0 Å². The SMILES string of the molecule is C=C(C)CCCCCCCCC/C=C\CCCCCCC(C)CC. The van der Waals surface area contributed by atoms with Gasteiger partial charge >= 0.3 is 0 Å². The summed E-state index contributed by atoms with van der Waals surface area (Å²) in [5.41, 5.74) is 1.34. The molecule has 0 aromatic rings. The van der Waals surface area contributed by atoms with Gasteiger partial charge in [0.2, 0.25) is 0 Å². The van der Waals surface area contributed by atoms with Crippen LogP contribution in [0.1, 0.15) is 124 Å². The summed E-state index contributed by atoms with van der Waals surface area (Å²) in [5, 5.41) is 0. The van der Waals surface area contributed by atoms with Gasteiger partial charge in [0.15, 0.2) is 0 Å². The Morgan fingerprint density at radius 1 is 0.750 bits per heavy atom. The predicted octanol–water partition coefficient (Wildman–Crippen LogP) is 9.02. The van der Waals surface area contributed by atoms with Crippen LogP contribution in [-0.4, -0.2) is 0 Å².